The van der Waals surface area contributed by atoms with E-state index in [1.54, 1.807) is 11.8 Å². The molecule has 1 aliphatic rings. The van der Waals surface area contributed by atoms with Crippen molar-refractivity contribution in [1.82, 2.24) is 9.19 Å². The van der Waals surface area contributed by atoms with Crippen LogP contribution in [0.5, 0.6) is 5.75 Å². The molecular formula is C14H12N2OSSe. The van der Waals surface area contributed by atoms with Gasteiger partial charge in [-0.15, -0.1) is 0 Å². The molecule has 1 aromatic carbocycles. The first-order chi connectivity index (χ1) is 9.12. The predicted octanol–water partition coefficient (Wildman–Crippen LogP) is 2.55. The van der Waals surface area contributed by atoms with Gasteiger partial charge in [-0.05, 0) is 0 Å². The number of terminal acetylenes is 1. The van der Waals surface area contributed by atoms with Gasteiger partial charge in [-0.3, -0.25) is 0 Å². The summed E-state index contributed by atoms with van der Waals surface area (Å²) < 4.78 is 11.5. The fourth-order valence-corrected chi connectivity index (χ4v) is 4.16. The van der Waals surface area contributed by atoms with Crippen LogP contribution in [0.2, 0.25) is 0 Å². The quantitative estimate of drug-likeness (QED) is 0.480. The number of hydrogen-bond donors (Lipinski definition) is 0. The van der Waals surface area contributed by atoms with E-state index in [4.69, 9.17) is 11.2 Å². The van der Waals surface area contributed by atoms with E-state index >= 15 is 0 Å². The zero-order valence-corrected chi connectivity index (χ0v) is 13.2. The maximum absolute atomic E-state index is 6.13. The summed E-state index contributed by atoms with van der Waals surface area (Å²) >= 11 is 1.70. The third-order valence-electron chi connectivity index (χ3n) is 2.93. The maximum atomic E-state index is 6.13. The Kier molecular flexibility index (Phi) is 3.18. The summed E-state index contributed by atoms with van der Waals surface area (Å²) in [6, 6.07) is 6.16. The van der Waals surface area contributed by atoms with E-state index in [9.17, 15) is 0 Å². The average Bonchev–Trinajstić information content (AvgIpc) is 2.86. The van der Waals surface area contributed by atoms with Crippen molar-refractivity contribution in [2.24, 2.45) is 0 Å². The second kappa shape index (κ2) is 4.72. The van der Waals surface area contributed by atoms with Crippen molar-refractivity contribution in [2.45, 2.75) is 24.3 Å². The molecule has 2 aromatic rings. The molecule has 0 saturated heterocycles. The van der Waals surface area contributed by atoms with Crippen LogP contribution in [-0.4, -0.2) is 29.7 Å². The number of thioether (sulfide) groups is 1. The van der Waals surface area contributed by atoms with Gasteiger partial charge >= 0.3 is 123 Å². The van der Waals surface area contributed by atoms with Crippen molar-refractivity contribution in [1.29, 1.82) is 0 Å². The summed E-state index contributed by atoms with van der Waals surface area (Å²) in [5.41, 5.74) is 1.73. The molecule has 0 N–H and O–H groups in total. The Labute approximate surface area is 122 Å². The average molecular weight is 335 g/mol. The number of aromatic nitrogens is 2. The van der Waals surface area contributed by atoms with Crippen LogP contribution in [0.15, 0.2) is 23.1 Å². The topological polar surface area (TPSA) is 35.0 Å². The van der Waals surface area contributed by atoms with Crippen LogP contribution in [0.1, 0.15) is 18.3 Å². The molecule has 0 saturated carbocycles. The summed E-state index contributed by atoms with van der Waals surface area (Å²) in [4.78, 5) is 1.12. The molecule has 0 atom stereocenters. The minimum atomic E-state index is -0.318. The van der Waals surface area contributed by atoms with E-state index in [1.165, 1.54) is 4.44 Å². The molecule has 0 amide bonds. The molecule has 1 aliphatic heterocycles. The van der Waals surface area contributed by atoms with Crippen molar-refractivity contribution in [3.8, 4) is 29.4 Å². The summed E-state index contributed by atoms with van der Waals surface area (Å²) in [5.74, 6) is 4.17. The molecule has 0 aliphatic carbocycles. The van der Waals surface area contributed by atoms with Gasteiger partial charge in [-0.25, -0.2) is 0 Å². The zero-order valence-electron chi connectivity index (χ0n) is 10.6. The summed E-state index contributed by atoms with van der Waals surface area (Å²) in [6.07, 6.45) is 5.29. The van der Waals surface area contributed by atoms with E-state index in [0.717, 1.165) is 21.9 Å². The molecule has 0 radical (unpaired) electrons. The molecule has 0 fully saturated rings. The van der Waals surface area contributed by atoms with Gasteiger partial charge < -0.3 is 0 Å². The molecule has 3 rings (SSSR count). The first-order valence-corrected chi connectivity index (χ1v) is 8.45. The fourth-order valence-electron chi connectivity index (χ4n) is 2.08. The number of benzene rings is 1. The molecule has 19 heavy (non-hydrogen) atoms. The Hall–Kier alpha value is -1.21. The van der Waals surface area contributed by atoms with Crippen LogP contribution >= 0.6 is 11.8 Å². The van der Waals surface area contributed by atoms with Crippen LogP contribution < -0.4 is 4.74 Å². The Balaban J connectivity index is 2.07. The summed E-state index contributed by atoms with van der Waals surface area (Å²) in [6.45, 7) is 4.15. The van der Waals surface area contributed by atoms with E-state index in [0.29, 0.717) is 5.75 Å². The molecule has 96 valence electrons. The number of ether oxygens (including phenoxy) is 1. The third-order valence-corrected chi connectivity index (χ3v) is 5.99. The number of rotatable bonds is 2. The van der Waals surface area contributed by atoms with Crippen molar-refractivity contribution < 1.29 is 4.74 Å². The number of fused-ring (bicyclic) bond motifs is 3. The van der Waals surface area contributed by atoms with Crippen molar-refractivity contribution in [3.63, 3.8) is 0 Å². The zero-order chi connectivity index (χ0) is 13.5. The standard InChI is InChI=1S/C14H12N2OSSe/c1-4-7-18-9-5-6-10-11(8-9)17-14(2,3)13-12(10)15-16-19-13/h1,5-6,8H,7H2,2-3H3. The molecular weight excluding hydrogens is 323 g/mol. The van der Waals surface area contributed by atoms with E-state index < -0.39 is 0 Å². The fraction of sp³-hybridized carbons (Fsp3) is 0.286. The predicted molar refractivity (Wildman–Crippen MR) is 77.6 cm³/mol. The first kappa shape index (κ1) is 12.8. The van der Waals surface area contributed by atoms with Crippen LogP contribution in [0, 0.1) is 12.3 Å². The van der Waals surface area contributed by atoms with Gasteiger partial charge in [0.05, 0.1) is 0 Å². The number of hydrogen-bond acceptors (Lipinski definition) is 4. The SMILES string of the molecule is C#CCSc1ccc2c(c1)OC(C)(C)c1[se]nnc1-2. The van der Waals surface area contributed by atoms with Gasteiger partial charge in [-0.2, -0.15) is 0 Å². The molecule has 0 bridgehead atoms. The minimum absolute atomic E-state index is 0.0629. The van der Waals surface area contributed by atoms with Gasteiger partial charge in [0, 0.05) is 0 Å². The van der Waals surface area contributed by atoms with Crippen LogP contribution in [0.25, 0.3) is 11.3 Å². The van der Waals surface area contributed by atoms with Crippen molar-refractivity contribution in [3.05, 3.63) is 22.6 Å². The molecule has 2 heterocycles. The molecule has 5 heteroatoms. The van der Waals surface area contributed by atoms with Crippen molar-refractivity contribution >= 4 is 26.5 Å². The Morgan fingerprint density at radius 1 is 1.47 bits per heavy atom. The molecule has 0 unspecified atom stereocenters. The first-order valence-electron chi connectivity index (χ1n) is 5.84. The van der Waals surface area contributed by atoms with Crippen molar-refractivity contribution in [2.75, 3.05) is 5.75 Å². The van der Waals surface area contributed by atoms with E-state index in [-0.39, 0.29) is 20.3 Å². The van der Waals surface area contributed by atoms with Gasteiger partial charge in [0.1, 0.15) is 0 Å². The Morgan fingerprint density at radius 3 is 3.11 bits per heavy atom. The Morgan fingerprint density at radius 2 is 2.32 bits per heavy atom. The van der Waals surface area contributed by atoms with Gasteiger partial charge in [0.25, 0.3) is 0 Å². The summed E-state index contributed by atoms with van der Waals surface area (Å²) in [5, 5.41) is 4.30. The monoisotopic (exact) mass is 336 g/mol. The molecule has 1 aromatic heterocycles. The molecule has 3 nitrogen and oxygen atoms in total. The summed E-state index contributed by atoms with van der Waals surface area (Å²) in [7, 11) is 0. The van der Waals surface area contributed by atoms with Gasteiger partial charge in [0.15, 0.2) is 0 Å². The second-order valence-corrected chi connectivity index (χ2v) is 7.34. The van der Waals surface area contributed by atoms with E-state index in [2.05, 4.69) is 41.1 Å². The van der Waals surface area contributed by atoms with Crippen LogP contribution in [-0.2, 0) is 5.60 Å². The van der Waals surface area contributed by atoms with E-state index in [1.807, 2.05) is 6.07 Å². The van der Waals surface area contributed by atoms with Crippen LogP contribution in [0.4, 0.5) is 0 Å². The normalized spacial score (nSPS) is 15.0. The third kappa shape index (κ3) is 2.21. The van der Waals surface area contributed by atoms with Gasteiger partial charge in [-0.1, -0.05) is 0 Å². The van der Waals surface area contributed by atoms with Crippen LogP contribution in [0.3, 0.4) is 0 Å². The second-order valence-electron chi connectivity index (χ2n) is 4.71. The molecule has 0 spiro atoms. The number of nitrogens with zero attached hydrogens (tertiary/aromatic N) is 2. The Bertz CT molecular complexity index is 672. The van der Waals surface area contributed by atoms with Gasteiger partial charge in [0.2, 0.25) is 0 Å².